The smallest absolute Gasteiger partial charge is 0.340 e. The number of para-hydroxylation sites is 1. The summed E-state index contributed by atoms with van der Waals surface area (Å²) in [7, 11) is 0. The molecule has 5 nitrogen and oxygen atoms in total. The average Bonchev–Trinajstić information content (AvgIpc) is 3.54. The van der Waals surface area contributed by atoms with Crippen LogP contribution < -0.4 is 4.90 Å². The SMILES string of the molecule is CC(C)OC(=O)c1ccccc1N1C(=O)[C@@H]2[C@H](C1=O)[C@H]1C=C[C@H]2C1=C(c1ccccc1)c1ccccc1. The summed E-state index contributed by atoms with van der Waals surface area (Å²) in [4.78, 5) is 41.9. The maximum absolute atomic E-state index is 13.9. The van der Waals surface area contributed by atoms with Crippen molar-refractivity contribution < 1.29 is 19.1 Å². The predicted octanol–water partition coefficient (Wildman–Crippen LogP) is 5.68. The number of fused-ring (bicyclic) bond motifs is 5. The van der Waals surface area contributed by atoms with E-state index >= 15 is 0 Å². The molecule has 4 atom stereocenters. The molecule has 37 heavy (non-hydrogen) atoms. The number of ether oxygens (including phenoxy) is 1. The van der Waals surface area contributed by atoms with Crippen molar-refractivity contribution in [2.45, 2.75) is 20.0 Å². The Kier molecular flexibility index (Phi) is 5.64. The summed E-state index contributed by atoms with van der Waals surface area (Å²) >= 11 is 0. The zero-order valence-corrected chi connectivity index (χ0v) is 20.7. The molecule has 2 aliphatic carbocycles. The van der Waals surface area contributed by atoms with Crippen LogP contribution in [0.3, 0.4) is 0 Å². The molecule has 184 valence electrons. The van der Waals surface area contributed by atoms with E-state index in [0.29, 0.717) is 5.69 Å². The molecule has 5 heteroatoms. The summed E-state index contributed by atoms with van der Waals surface area (Å²) in [6.45, 7) is 3.54. The summed E-state index contributed by atoms with van der Waals surface area (Å²) in [5, 5.41) is 0. The number of imide groups is 1. The first-order chi connectivity index (χ1) is 18.0. The largest absolute Gasteiger partial charge is 0.459 e. The number of esters is 1. The highest BCUT2D eigenvalue weighted by Crippen LogP contribution is 2.59. The maximum atomic E-state index is 13.9. The molecule has 1 heterocycles. The molecule has 2 fully saturated rings. The van der Waals surface area contributed by atoms with Crippen LogP contribution in [0.2, 0.25) is 0 Å². The Morgan fingerprint density at radius 3 is 1.73 bits per heavy atom. The molecule has 6 rings (SSSR count). The highest BCUT2D eigenvalue weighted by atomic mass is 16.5. The maximum Gasteiger partial charge on any atom is 0.340 e. The first kappa shape index (κ1) is 23.2. The minimum absolute atomic E-state index is 0.179. The fourth-order valence-electron chi connectivity index (χ4n) is 6.16. The summed E-state index contributed by atoms with van der Waals surface area (Å²) < 4.78 is 5.39. The van der Waals surface area contributed by atoms with E-state index in [1.54, 1.807) is 38.1 Å². The minimum atomic E-state index is -0.541. The van der Waals surface area contributed by atoms with Gasteiger partial charge in [0.1, 0.15) is 0 Å². The van der Waals surface area contributed by atoms with Gasteiger partial charge >= 0.3 is 5.97 Å². The van der Waals surface area contributed by atoms with Gasteiger partial charge in [-0.3, -0.25) is 9.59 Å². The van der Waals surface area contributed by atoms with E-state index in [1.807, 2.05) is 36.4 Å². The van der Waals surface area contributed by atoms with Gasteiger partial charge < -0.3 is 4.74 Å². The normalized spacial score (nSPS) is 23.6. The summed E-state index contributed by atoms with van der Waals surface area (Å²) in [5.74, 6) is -2.39. The van der Waals surface area contributed by atoms with Crippen molar-refractivity contribution in [3.63, 3.8) is 0 Å². The van der Waals surface area contributed by atoms with Crippen LogP contribution in [0.15, 0.2) is 103 Å². The molecule has 0 N–H and O–H groups in total. The number of anilines is 1. The number of nitrogens with zero attached hydrogens (tertiary/aromatic N) is 1. The number of rotatable bonds is 5. The first-order valence-corrected chi connectivity index (χ1v) is 12.7. The number of amides is 2. The Labute approximate surface area is 216 Å². The van der Waals surface area contributed by atoms with Crippen molar-refractivity contribution >= 4 is 29.0 Å². The van der Waals surface area contributed by atoms with Crippen LogP contribution in [0.4, 0.5) is 5.69 Å². The van der Waals surface area contributed by atoms with Crippen molar-refractivity contribution in [3.05, 3.63) is 119 Å². The quantitative estimate of drug-likeness (QED) is 0.263. The van der Waals surface area contributed by atoms with Crippen LogP contribution in [0.25, 0.3) is 5.57 Å². The third kappa shape index (κ3) is 3.65. The molecule has 2 amide bonds. The van der Waals surface area contributed by atoms with Crippen LogP contribution in [-0.4, -0.2) is 23.9 Å². The second-order valence-electron chi connectivity index (χ2n) is 10.0. The van der Waals surface area contributed by atoms with Crippen molar-refractivity contribution in [1.29, 1.82) is 0 Å². The first-order valence-electron chi connectivity index (χ1n) is 12.7. The Bertz CT molecular complexity index is 1380. The van der Waals surface area contributed by atoms with E-state index in [0.717, 1.165) is 22.3 Å². The van der Waals surface area contributed by atoms with Crippen LogP contribution in [0, 0.1) is 23.7 Å². The molecule has 0 spiro atoms. The second-order valence-corrected chi connectivity index (χ2v) is 10.0. The van der Waals surface area contributed by atoms with E-state index in [9.17, 15) is 14.4 Å². The van der Waals surface area contributed by atoms with Gasteiger partial charge in [0.25, 0.3) is 0 Å². The molecule has 3 aromatic rings. The van der Waals surface area contributed by atoms with E-state index in [4.69, 9.17) is 4.74 Å². The molecule has 1 saturated heterocycles. The molecular formula is C32H27NO4. The van der Waals surface area contributed by atoms with Crippen molar-refractivity contribution in [2.75, 3.05) is 4.90 Å². The third-order valence-electron chi connectivity index (χ3n) is 7.54. The summed E-state index contributed by atoms with van der Waals surface area (Å²) in [6.07, 6.45) is 3.86. The van der Waals surface area contributed by atoms with E-state index in [2.05, 4.69) is 36.4 Å². The lowest BCUT2D eigenvalue weighted by Gasteiger charge is -2.23. The number of hydrogen-bond donors (Lipinski definition) is 0. The lowest BCUT2D eigenvalue weighted by molar-refractivity contribution is -0.122. The molecule has 1 aliphatic heterocycles. The summed E-state index contributed by atoms with van der Waals surface area (Å²) in [5.41, 5.74) is 4.88. The van der Waals surface area contributed by atoms with Gasteiger partial charge in [-0.05, 0) is 48.3 Å². The number of hydrogen-bond acceptors (Lipinski definition) is 4. The number of carbonyl (C=O) groups excluding carboxylic acids is 3. The highest BCUT2D eigenvalue weighted by Gasteiger charge is 2.62. The molecule has 3 aliphatic rings. The molecule has 0 aromatic heterocycles. The number of carbonyl (C=O) groups is 3. The van der Waals surface area contributed by atoms with Crippen LogP contribution in [0.5, 0.6) is 0 Å². The van der Waals surface area contributed by atoms with Gasteiger partial charge in [0.2, 0.25) is 11.8 Å². The second kappa shape index (κ2) is 9.00. The average molecular weight is 490 g/mol. The highest BCUT2D eigenvalue weighted by molar-refractivity contribution is 6.25. The zero-order chi connectivity index (χ0) is 25.7. The van der Waals surface area contributed by atoms with Crippen LogP contribution in [0.1, 0.15) is 35.3 Å². The van der Waals surface area contributed by atoms with Crippen molar-refractivity contribution in [2.24, 2.45) is 23.7 Å². The van der Waals surface area contributed by atoms with E-state index < -0.39 is 17.8 Å². The molecular weight excluding hydrogens is 462 g/mol. The monoisotopic (exact) mass is 489 g/mol. The Hall–Kier alpha value is -4.25. The van der Waals surface area contributed by atoms with E-state index in [1.165, 1.54) is 4.90 Å². The Morgan fingerprint density at radius 2 is 1.22 bits per heavy atom. The molecule has 3 aromatic carbocycles. The topological polar surface area (TPSA) is 63.7 Å². The minimum Gasteiger partial charge on any atom is -0.459 e. The van der Waals surface area contributed by atoms with Gasteiger partial charge in [-0.25, -0.2) is 9.69 Å². The van der Waals surface area contributed by atoms with Gasteiger partial charge in [-0.2, -0.15) is 0 Å². The molecule has 1 saturated carbocycles. The van der Waals surface area contributed by atoms with Gasteiger partial charge in [0.05, 0.1) is 29.2 Å². The van der Waals surface area contributed by atoms with Crippen molar-refractivity contribution in [1.82, 2.24) is 0 Å². The van der Waals surface area contributed by atoms with E-state index in [-0.39, 0.29) is 35.3 Å². The van der Waals surface area contributed by atoms with Crippen molar-refractivity contribution in [3.8, 4) is 0 Å². The standard InChI is InChI=1S/C32H27NO4/c1-19(2)37-32(36)22-15-9-10-16-25(22)33-30(34)28-23-17-18-24(29(28)31(33)35)27(23)26(20-11-5-3-6-12-20)21-13-7-4-8-14-21/h3-19,23-24,28-29H,1-2H3/t23-,24-,28-,29+/m0/s1. The number of allylic oxidation sites excluding steroid dienone is 3. The zero-order valence-electron chi connectivity index (χ0n) is 20.7. The lowest BCUT2D eigenvalue weighted by Crippen LogP contribution is -2.34. The fraction of sp³-hybridized carbons (Fsp3) is 0.219. The Balaban J connectivity index is 1.44. The predicted molar refractivity (Wildman–Crippen MR) is 141 cm³/mol. The molecule has 0 radical (unpaired) electrons. The molecule has 0 unspecified atom stereocenters. The van der Waals surface area contributed by atoms with Gasteiger partial charge in [0.15, 0.2) is 0 Å². The van der Waals surface area contributed by atoms with Gasteiger partial charge in [-0.1, -0.05) is 84.9 Å². The Morgan fingerprint density at radius 1 is 0.730 bits per heavy atom. The molecule has 2 bridgehead atoms. The fourth-order valence-corrected chi connectivity index (χ4v) is 6.16. The van der Waals surface area contributed by atoms with Crippen LogP contribution >= 0.6 is 0 Å². The van der Waals surface area contributed by atoms with Crippen LogP contribution in [-0.2, 0) is 14.3 Å². The third-order valence-corrected chi connectivity index (χ3v) is 7.54. The summed E-state index contributed by atoms with van der Waals surface area (Å²) in [6, 6.07) is 27.0. The lowest BCUT2D eigenvalue weighted by atomic mass is 9.85. The van der Waals surface area contributed by atoms with Gasteiger partial charge in [-0.15, -0.1) is 0 Å². The number of benzene rings is 3. The van der Waals surface area contributed by atoms with Gasteiger partial charge in [0, 0.05) is 11.8 Å².